The molecule has 0 spiro atoms. The Balaban J connectivity index is 2.62. The summed E-state index contributed by atoms with van der Waals surface area (Å²) in [6.07, 6.45) is -0.281. The number of methoxy groups -OCH3 is 1. The van der Waals surface area contributed by atoms with E-state index in [1.807, 2.05) is 0 Å². The average Bonchev–Trinajstić information content (AvgIpc) is 2.29. The minimum Gasteiger partial charge on any atom is -0.469 e. The highest BCUT2D eigenvalue weighted by Gasteiger charge is 2.11. The summed E-state index contributed by atoms with van der Waals surface area (Å²) in [5.41, 5.74) is 0.637. The van der Waals surface area contributed by atoms with Crippen LogP contribution in [-0.2, 0) is 9.53 Å². The molecule has 0 saturated carbocycles. The van der Waals surface area contributed by atoms with Crippen LogP contribution in [0.2, 0.25) is 10.0 Å². The molecule has 0 aliphatic heterocycles. The zero-order valence-corrected chi connectivity index (χ0v) is 10.3. The van der Waals surface area contributed by atoms with Crippen molar-refractivity contribution in [2.45, 2.75) is 18.9 Å². The Kier molecular flexibility index (Phi) is 5.06. The van der Waals surface area contributed by atoms with E-state index in [0.717, 1.165) is 0 Å². The van der Waals surface area contributed by atoms with Crippen molar-refractivity contribution >= 4 is 29.2 Å². The third kappa shape index (κ3) is 3.67. The van der Waals surface area contributed by atoms with Crippen molar-refractivity contribution in [3.63, 3.8) is 0 Å². The van der Waals surface area contributed by atoms with Crippen molar-refractivity contribution in [3.05, 3.63) is 33.8 Å². The highest BCUT2D eigenvalue weighted by molar-refractivity contribution is 6.42. The molecule has 0 amide bonds. The van der Waals surface area contributed by atoms with Crippen LogP contribution in [0.5, 0.6) is 0 Å². The van der Waals surface area contributed by atoms with Gasteiger partial charge in [0.2, 0.25) is 0 Å². The SMILES string of the molecule is COC(=O)CC[C@H](O)c1ccc(Cl)c(Cl)c1. The summed E-state index contributed by atoms with van der Waals surface area (Å²) in [4.78, 5) is 10.9. The molecular formula is C11H12Cl2O3. The Morgan fingerprint density at radius 2 is 2.12 bits per heavy atom. The topological polar surface area (TPSA) is 46.5 Å². The second kappa shape index (κ2) is 6.09. The summed E-state index contributed by atoms with van der Waals surface area (Å²) >= 11 is 11.6. The van der Waals surface area contributed by atoms with E-state index < -0.39 is 6.10 Å². The predicted octanol–water partition coefficient (Wildman–Crippen LogP) is 2.98. The van der Waals surface area contributed by atoms with Gasteiger partial charge in [-0.25, -0.2) is 0 Å². The highest BCUT2D eigenvalue weighted by Crippen LogP contribution is 2.27. The predicted molar refractivity (Wildman–Crippen MR) is 62.7 cm³/mol. The van der Waals surface area contributed by atoms with Crippen molar-refractivity contribution in [3.8, 4) is 0 Å². The van der Waals surface area contributed by atoms with Crippen LogP contribution in [0.25, 0.3) is 0 Å². The van der Waals surface area contributed by atoms with Gasteiger partial charge in [0.1, 0.15) is 0 Å². The van der Waals surface area contributed by atoms with Gasteiger partial charge in [-0.1, -0.05) is 29.3 Å². The lowest BCUT2D eigenvalue weighted by Crippen LogP contribution is -2.04. The van der Waals surface area contributed by atoms with Crippen LogP contribution < -0.4 is 0 Å². The molecule has 0 saturated heterocycles. The number of hydrogen-bond acceptors (Lipinski definition) is 3. The molecule has 1 atom stereocenters. The maximum atomic E-state index is 10.9. The number of ether oxygens (including phenoxy) is 1. The van der Waals surface area contributed by atoms with Crippen LogP contribution in [0.15, 0.2) is 18.2 Å². The number of benzene rings is 1. The van der Waals surface area contributed by atoms with Gasteiger partial charge in [-0.3, -0.25) is 4.79 Å². The zero-order valence-electron chi connectivity index (χ0n) is 8.74. The van der Waals surface area contributed by atoms with E-state index in [2.05, 4.69) is 4.74 Å². The van der Waals surface area contributed by atoms with E-state index in [1.54, 1.807) is 18.2 Å². The molecular weight excluding hydrogens is 251 g/mol. The minimum absolute atomic E-state index is 0.165. The van der Waals surface area contributed by atoms with Crippen LogP contribution in [0.3, 0.4) is 0 Å². The first-order valence-corrected chi connectivity index (χ1v) is 5.50. The lowest BCUT2D eigenvalue weighted by molar-refractivity contribution is -0.141. The number of aliphatic hydroxyl groups excluding tert-OH is 1. The van der Waals surface area contributed by atoms with E-state index >= 15 is 0 Å². The molecule has 0 heterocycles. The van der Waals surface area contributed by atoms with Gasteiger partial charge in [0.05, 0.1) is 23.3 Å². The van der Waals surface area contributed by atoms with Gasteiger partial charge in [0.15, 0.2) is 0 Å². The van der Waals surface area contributed by atoms with Crippen molar-refractivity contribution < 1.29 is 14.6 Å². The molecule has 1 rings (SSSR count). The molecule has 5 heteroatoms. The van der Waals surface area contributed by atoms with Gasteiger partial charge in [-0.15, -0.1) is 0 Å². The molecule has 0 aliphatic rings. The van der Waals surface area contributed by atoms with Crippen LogP contribution in [-0.4, -0.2) is 18.2 Å². The number of rotatable bonds is 4. The fraction of sp³-hybridized carbons (Fsp3) is 0.364. The quantitative estimate of drug-likeness (QED) is 0.849. The average molecular weight is 263 g/mol. The molecule has 0 fully saturated rings. The molecule has 16 heavy (non-hydrogen) atoms. The van der Waals surface area contributed by atoms with Crippen LogP contribution in [0.4, 0.5) is 0 Å². The van der Waals surface area contributed by atoms with Crippen molar-refractivity contribution in [2.24, 2.45) is 0 Å². The molecule has 1 aromatic carbocycles. The summed E-state index contributed by atoms with van der Waals surface area (Å²) < 4.78 is 4.48. The van der Waals surface area contributed by atoms with Gasteiger partial charge >= 0.3 is 5.97 Å². The third-order valence-electron chi connectivity index (χ3n) is 2.18. The largest absolute Gasteiger partial charge is 0.469 e. The Labute approximate surface area is 104 Å². The summed E-state index contributed by atoms with van der Waals surface area (Å²) in [5.74, 6) is -0.348. The fourth-order valence-electron chi connectivity index (χ4n) is 1.24. The zero-order chi connectivity index (χ0) is 12.1. The molecule has 0 aromatic heterocycles. The Bertz CT molecular complexity index is 379. The van der Waals surface area contributed by atoms with E-state index in [4.69, 9.17) is 23.2 Å². The fourth-order valence-corrected chi connectivity index (χ4v) is 1.55. The Morgan fingerprint density at radius 1 is 1.44 bits per heavy atom. The maximum Gasteiger partial charge on any atom is 0.305 e. The van der Waals surface area contributed by atoms with Gasteiger partial charge in [-0.2, -0.15) is 0 Å². The molecule has 0 unspecified atom stereocenters. The monoisotopic (exact) mass is 262 g/mol. The number of carbonyl (C=O) groups is 1. The second-order valence-electron chi connectivity index (χ2n) is 3.30. The van der Waals surface area contributed by atoms with Crippen LogP contribution >= 0.6 is 23.2 Å². The molecule has 0 radical (unpaired) electrons. The normalized spacial score (nSPS) is 12.2. The number of carbonyl (C=O) groups excluding carboxylic acids is 1. The van der Waals surface area contributed by atoms with E-state index in [9.17, 15) is 9.90 Å². The first kappa shape index (κ1) is 13.3. The first-order valence-electron chi connectivity index (χ1n) is 4.74. The Hall–Kier alpha value is -0.770. The third-order valence-corrected chi connectivity index (χ3v) is 2.92. The second-order valence-corrected chi connectivity index (χ2v) is 4.12. The molecule has 0 bridgehead atoms. The number of esters is 1. The van der Waals surface area contributed by atoms with Gasteiger partial charge in [0, 0.05) is 6.42 Å². The number of halogens is 2. The number of aliphatic hydroxyl groups is 1. The Morgan fingerprint density at radius 3 is 2.69 bits per heavy atom. The lowest BCUT2D eigenvalue weighted by Gasteiger charge is -2.10. The first-order chi connectivity index (χ1) is 7.54. The number of hydrogen-bond donors (Lipinski definition) is 1. The van der Waals surface area contributed by atoms with Gasteiger partial charge < -0.3 is 9.84 Å². The molecule has 0 aliphatic carbocycles. The molecule has 3 nitrogen and oxygen atoms in total. The van der Waals surface area contributed by atoms with Crippen molar-refractivity contribution in [1.29, 1.82) is 0 Å². The summed E-state index contributed by atoms with van der Waals surface area (Å²) in [7, 11) is 1.31. The summed E-state index contributed by atoms with van der Waals surface area (Å²) in [5, 5.41) is 10.6. The van der Waals surface area contributed by atoms with Crippen LogP contribution in [0, 0.1) is 0 Å². The van der Waals surface area contributed by atoms with Crippen molar-refractivity contribution in [2.75, 3.05) is 7.11 Å². The molecule has 88 valence electrons. The van der Waals surface area contributed by atoms with Gasteiger partial charge in [-0.05, 0) is 24.1 Å². The van der Waals surface area contributed by atoms with E-state index in [0.29, 0.717) is 22.0 Å². The lowest BCUT2D eigenvalue weighted by atomic mass is 10.1. The highest BCUT2D eigenvalue weighted by atomic mass is 35.5. The standard InChI is InChI=1S/C11H12Cl2O3/c1-16-11(15)5-4-10(14)7-2-3-8(12)9(13)6-7/h2-3,6,10,14H,4-5H2,1H3/t10-/m0/s1. The summed E-state index contributed by atoms with van der Waals surface area (Å²) in [6.45, 7) is 0. The van der Waals surface area contributed by atoms with Crippen LogP contribution in [0.1, 0.15) is 24.5 Å². The maximum absolute atomic E-state index is 10.9. The summed E-state index contributed by atoms with van der Waals surface area (Å²) in [6, 6.07) is 4.88. The van der Waals surface area contributed by atoms with E-state index in [-0.39, 0.29) is 12.4 Å². The van der Waals surface area contributed by atoms with E-state index in [1.165, 1.54) is 7.11 Å². The van der Waals surface area contributed by atoms with Crippen molar-refractivity contribution in [1.82, 2.24) is 0 Å². The minimum atomic E-state index is -0.742. The smallest absolute Gasteiger partial charge is 0.305 e. The van der Waals surface area contributed by atoms with Gasteiger partial charge in [0.25, 0.3) is 0 Å². The molecule has 1 N–H and O–H groups in total. The molecule has 1 aromatic rings.